The SMILES string of the molecule is CC(C)COOC(C)(C)C. The van der Waals surface area contributed by atoms with Gasteiger partial charge in [0.05, 0.1) is 12.2 Å². The monoisotopic (exact) mass is 146 g/mol. The predicted octanol–water partition coefficient (Wildman–Crippen LogP) is 2.39. The summed E-state index contributed by atoms with van der Waals surface area (Å²) in [4.78, 5) is 10.00. The molecule has 0 aromatic rings. The molecule has 0 unspecified atom stereocenters. The van der Waals surface area contributed by atoms with E-state index in [2.05, 4.69) is 13.8 Å². The molecule has 62 valence electrons. The van der Waals surface area contributed by atoms with E-state index in [1.54, 1.807) is 0 Å². The summed E-state index contributed by atoms with van der Waals surface area (Å²) in [5.74, 6) is 0.530. The highest BCUT2D eigenvalue weighted by Gasteiger charge is 2.11. The van der Waals surface area contributed by atoms with E-state index in [1.807, 2.05) is 20.8 Å². The lowest BCUT2D eigenvalue weighted by Crippen LogP contribution is -2.20. The first-order chi connectivity index (χ1) is 4.42. The van der Waals surface area contributed by atoms with Crippen LogP contribution in [0.15, 0.2) is 0 Å². The van der Waals surface area contributed by atoms with Crippen molar-refractivity contribution in [3.63, 3.8) is 0 Å². The van der Waals surface area contributed by atoms with E-state index in [9.17, 15) is 0 Å². The van der Waals surface area contributed by atoms with E-state index >= 15 is 0 Å². The second-order valence-electron chi connectivity index (χ2n) is 3.87. The maximum atomic E-state index is 5.04. The lowest BCUT2D eigenvalue weighted by atomic mass is 10.2. The van der Waals surface area contributed by atoms with Gasteiger partial charge in [-0.3, -0.25) is 0 Å². The van der Waals surface area contributed by atoms with Gasteiger partial charge in [0, 0.05) is 0 Å². The van der Waals surface area contributed by atoms with Crippen molar-refractivity contribution < 1.29 is 9.78 Å². The molecular weight excluding hydrogens is 128 g/mol. The molecule has 0 aromatic heterocycles. The Hall–Kier alpha value is -0.0800. The molecule has 2 heteroatoms. The van der Waals surface area contributed by atoms with Crippen LogP contribution in [0.4, 0.5) is 0 Å². The second kappa shape index (κ2) is 3.94. The smallest absolute Gasteiger partial charge is 0.0952 e. The molecule has 0 aliphatic carbocycles. The zero-order valence-corrected chi connectivity index (χ0v) is 7.60. The first kappa shape index (κ1) is 9.92. The van der Waals surface area contributed by atoms with Crippen molar-refractivity contribution >= 4 is 0 Å². The minimum Gasteiger partial charge on any atom is -0.236 e. The fourth-order valence-corrected chi connectivity index (χ4v) is 0.347. The minimum atomic E-state index is -0.186. The molecule has 0 amide bonds. The fraction of sp³-hybridized carbons (Fsp3) is 1.00. The van der Waals surface area contributed by atoms with E-state index in [0.29, 0.717) is 12.5 Å². The third-order valence-electron chi connectivity index (χ3n) is 0.710. The van der Waals surface area contributed by atoms with Crippen molar-refractivity contribution in [3.8, 4) is 0 Å². The third-order valence-corrected chi connectivity index (χ3v) is 0.710. The number of hydrogen-bond acceptors (Lipinski definition) is 2. The molecule has 0 fully saturated rings. The van der Waals surface area contributed by atoms with Gasteiger partial charge < -0.3 is 0 Å². The molecule has 0 saturated heterocycles. The molecule has 0 radical (unpaired) electrons. The summed E-state index contributed by atoms with van der Waals surface area (Å²) in [5, 5.41) is 0. The van der Waals surface area contributed by atoms with Crippen molar-refractivity contribution in [1.82, 2.24) is 0 Å². The normalized spacial score (nSPS) is 12.6. The highest BCUT2D eigenvalue weighted by molar-refractivity contribution is 4.54. The van der Waals surface area contributed by atoms with Gasteiger partial charge in [-0.2, -0.15) is 0 Å². The average Bonchev–Trinajstić information content (AvgIpc) is 1.59. The van der Waals surface area contributed by atoms with Gasteiger partial charge in [-0.05, 0) is 26.7 Å². The Morgan fingerprint density at radius 3 is 2.00 bits per heavy atom. The first-order valence-electron chi connectivity index (χ1n) is 3.72. The van der Waals surface area contributed by atoms with Crippen LogP contribution in [-0.4, -0.2) is 12.2 Å². The summed E-state index contributed by atoms with van der Waals surface area (Å²) < 4.78 is 0. The molecule has 0 aromatic carbocycles. The number of rotatable bonds is 3. The topological polar surface area (TPSA) is 18.5 Å². The van der Waals surface area contributed by atoms with Crippen LogP contribution in [0, 0.1) is 5.92 Å². The van der Waals surface area contributed by atoms with Crippen molar-refractivity contribution in [3.05, 3.63) is 0 Å². The third kappa shape index (κ3) is 7.92. The van der Waals surface area contributed by atoms with E-state index in [4.69, 9.17) is 9.78 Å². The van der Waals surface area contributed by atoms with Gasteiger partial charge in [0.25, 0.3) is 0 Å². The summed E-state index contributed by atoms with van der Waals surface area (Å²) in [6, 6.07) is 0. The van der Waals surface area contributed by atoms with Gasteiger partial charge in [0.2, 0.25) is 0 Å². The van der Waals surface area contributed by atoms with Crippen molar-refractivity contribution in [2.24, 2.45) is 5.92 Å². The van der Waals surface area contributed by atoms with Crippen LogP contribution in [0.1, 0.15) is 34.6 Å². The Kier molecular flexibility index (Phi) is 3.91. The Bertz CT molecular complexity index is 81.7. The second-order valence-corrected chi connectivity index (χ2v) is 3.87. The molecule has 2 nitrogen and oxygen atoms in total. The van der Waals surface area contributed by atoms with Crippen LogP contribution in [0.3, 0.4) is 0 Å². The van der Waals surface area contributed by atoms with Crippen molar-refractivity contribution in [2.45, 2.75) is 40.2 Å². The van der Waals surface area contributed by atoms with Crippen LogP contribution >= 0.6 is 0 Å². The highest BCUT2D eigenvalue weighted by atomic mass is 17.2. The predicted molar refractivity (Wildman–Crippen MR) is 41.6 cm³/mol. The first-order valence-corrected chi connectivity index (χ1v) is 3.72. The quantitative estimate of drug-likeness (QED) is 0.449. The summed E-state index contributed by atoms with van der Waals surface area (Å²) >= 11 is 0. The molecule has 0 rings (SSSR count). The minimum absolute atomic E-state index is 0.186. The molecule has 0 aliphatic rings. The highest BCUT2D eigenvalue weighted by Crippen LogP contribution is 2.07. The summed E-state index contributed by atoms with van der Waals surface area (Å²) in [5.41, 5.74) is -0.186. The summed E-state index contributed by atoms with van der Waals surface area (Å²) in [7, 11) is 0. The number of hydrogen-bond donors (Lipinski definition) is 0. The van der Waals surface area contributed by atoms with Crippen LogP contribution in [0.25, 0.3) is 0 Å². The van der Waals surface area contributed by atoms with Gasteiger partial charge in [-0.25, -0.2) is 9.78 Å². The molecule has 0 saturated carbocycles. The Balaban J connectivity index is 3.21. The molecular formula is C8H18O2. The van der Waals surface area contributed by atoms with Gasteiger partial charge in [0.15, 0.2) is 0 Å². The van der Waals surface area contributed by atoms with Gasteiger partial charge in [-0.15, -0.1) is 0 Å². The molecule has 0 N–H and O–H groups in total. The van der Waals surface area contributed by atoms with Gasteiger partial charge in [0.1, 0.15) is 0 Å². The maximum absolute atomic E-state index is 5.04. The standard InChI is InChI=1S/C8H18O2/c1-7(2)6-9-10-8(3,4)5/h7H,6H2,1-5H3. The molecule has 0 heterocycles. The van der Waals surface area contributed by atoms with Crippen LogP contribution in [0.5, 0.6) is 0 Å². The Morgan fingerprint density at radius 1 is 1.20 bits per heavy atom. The molecule has 0 aliphatic heterocycles. The van der Waals surface area contributed by atoms with Crippen molar-refractivity contribution in [2.75, 3.05) is 6.61 Å². The lowest BCUT2D eigenvalue weighted by Gasteiger charge is -2.18. The Morgan fingerprint density at radius 2 is 1.70 bits per heavy atom. The van der Waals surface area contributed by atoms with Crippen LogP contribution < -0.4 is 0 Å². The summed E-state index contributed by atoms with van der Waals surface area (Å²) in [6.45, 7) is 10.7. The van der Waals surface area contributed by atoms with E-state index in [0.717, 1.165) is 0 Å². The molecule has 10 heavy (non-hydrogen) atoms. The van der Waals surface area contributed by atoms with E-state index in [-0.39, 0.29) is 5.60 Å². The van der Waals surface area contributed by atoms with Gasteiger partial charge in [-0.1, -0.05) is 13.8 Å². The summed E-state index contributed by atoms with van der Waals surface area (Å²) in [6.07, 6.45) is 0. The molecule has 0 atom stereocenters. The molecule has 0 spiro atoms. The maximum Gasteiger partial charge on any atom is 0.0952 e. The fourth-order valence-electron chi connectivity index (χ4n) is 0.347. The van der Waals surface area contributed by atoms with Crippen LogP contribution in [0.2, 0.25) is 0 Å². The van der Waals surface area contributed by atoms with Gasteiger partial charge >= 0.3 is 0 Å². The van der Waals surface area contributed by atoms with E-state index < -0.39 is 0 Å². The Labute approximate surface area is 63.5 Å². The van der Waals surface area contributed by atoms with Crippen LogP contribution in [-0.2, 0) is 9.78 Å². The zero-order chi connectivity index (χ0) is 8.20. The average molecular weight is 146 g/mol. The zero-order valence-electron chi connectivity index (χ0n) is 7.60. The van der Waals surface area contributed by atoms with E-state index in [1.165, 1.54) is 0 Å². The molecule has 0 bridgehead atoms. The lowest BCUT2D eigenvalue weighted by molar-refractivity contribution is -0.352. The van der Waals surface area contributed by atoms with Crippen molar-refractivity contribution in [1.29, 1.82) is 0 Å². The largest absolute Gasteiger partial charge is 0.236 e.